The summed E-state index contributed by atoms with van der Waals surface area (Å²) < 4.78 is 54.8. The number of alkyl halides is 2. The molecule has 0 bridgehead atoms. The van der Waals surface area contributed by atoms with Crippen molar-refractivity contribution >= 4 is 40.0 Å². The number of carbonyl (C=O) groups is 1. The van der Waals surface area contributed by atoms with Crippen LogP contribution in [-0.4, -0.2) is 43.7 Å². The molecule has 1 atom stereocenters. The molecule has 3 aromatic carbocycles. The van der Waals surface area contributed by atoms with Crippen molar-refractivity contribution in [2.45, 2.75) is 50.2 Å². The maximum absolute atomic E-state index is 16.2. The van der Waals surface area contributed by atoms with Crippen molar-refractivity contribution in [2.24, 2.45) is 0 Å². The zero-order valence-electron chi connectivity index (χ0n) is 25.4. The second kappa shape index (κ2) is 11.4. The van der Waals surface area contributed by atoms with Crippen LogP contribution in [0.5, 0.6) is 11.5 Å². The first-order chi connectivity index (χ1) is 22.6. The summed E-state index contributed by atoms with van der Waals surface area (Å²) in [5, 5.41) is 31.2. The number of aromatic nitrogens is 3. The van der Waals surface area contributed by atoms with E-state index in [1.54, 1.807) is 36.4 Å². The van der Waals surface area contributed by atoms with Gasteiger partial charge in [-0.25, -0.2) is 9.37 Å². The number of nitrogens with one attached hydrogen (secondary N) is 1. The number of rotatable bonds is 8. The van der Waals surface area contributed by atoms with E-state index in [1.165, 1.54) is 32.0 Å². The Bertz CT molecular complexity index is 2100. The molecular weight excluding hydrogens is 672 g/mol. The number of benzene rings is 3. The van der Waals surface area contributed by atoms with Gasteiger partial charge in [0.2, 0.25) is 0 Å². The number of hydrogen-bond acceptors (Lipinski definition) is 7. The number of halogens is 5. The molecule has 5 aromatic rings. The van der Waals surface area contributed by atoms with Gasteiger partial charge in [-0.3, -0.25) is 9.48 Å². The van der Waals surface area contributed by atoms with Crippen LogP contribution in [0, 0.1) is 5.82 Å². The van der Waals surface area contributed by atoms with Crippen molar-refractivity contribution in [2.75, 3.05) is 6.54 Å². The second-order valence-electron chi connectivity index (χ2n) is 12.3. The molecule has 0 saturated heterocycles. The fraction of sp³-hybridized carbons (Fsp3) is 0.265. The van der Waals surface area contributed by atoms with Gasteiger partial charge in [0.25, 0.3) is 5.91 Å². The van der Waals surface area contributed by atoms with Gasteiger partial charge in [0.15, 0.2) is 17.3 Å². The highest BCUT2D eigenvalue weighted by atomic mass is 35.5. The fourth-order valence-electron chi connectivity index (χ4n) is 5.66. The average Bonchev–Trinajstić information content (AvgIpc) is 3.71. The summed E-state index contributed by atoms with van der Waals surface area (Å²) in [6.07, 6.45) is -0.125. The van der Waals surface area contributed by atoms with Crippen LogP contribution in [0.2, 0.25) is 10.0 Å². The molecule has 14 heteroatoms. The Balaban J connectivity index is 1.31. The molecule has 0 radical (unpaired) electrons. The normalized spacial score (nSPS) is 16.6. The van der Waals surface area contributed by atoms with Crippen LogP contribution < -0.4 is 14.8 Å². The number of fused-ring (bicyclic) bond motifs is 2. The Kier molecular flexibility index (Phi) is 7.63. The van der Waals surface area contributed by atoms with Crippen molar-refractivity contribution in [3.63, 3.8) is 0 Å². The minimum absolute atomic E-state index is 0.171. The topological polar surface area (TPSA) is 119 Å². The first-order valence-corrected chi connectivity index (χ1v) is 15.7. The lowest BCUT2D eigenvalue weighted by Gasteiger charge is -2.31. The maximum Gasteiger partial charge on any atom is 0.586 e. The highest BCUT2D eigenvalue weighted by molar-refractivity contribution is 6.35. The van der Waals surface area contributed by atoms with Crippen molar-refractivity contribution in [1.29, 1.82) is 0 Å². The molecule has 3 N–H and O–H groups in total. The Labute approximate surface area is 281 Å². The zero-order valence-corrected chi connectivity index (χ0v) is 26.9. The van der Waals surface area contributed by atoms with Crippen LogP contribution in [-0.2, 0) is 11.2 Å². The number of amides is 1. The van der Waals surface area contributed by atoms with Crippen molar-refractivity contribution < 1.29 is 37.7 Å². The summed E-state index contributed by atoms with van der Waals surface area (Å²) in [5.41, 5.74) is -3.98. The third kappa shape index (κ3) is 5.72. The summed E-state index contributed by atoms with van der Waals surface area (Å²) in [5.74, 6) is -2.49. The molecule has 1 fully saturated rings. The van der Waals surface area contributed by atoms with Gasteiger partial charge < -0.3 is 25.0 Å². The molecule has 0 unspecified atom stereocenters. The Morgan fingerprint density at radius 3 is 2.50 bits per heavy atom. The van der Waals surface area contributed by atoms with Gasteiger partial charge in [-0.1, -0.05) is 53.5 Å². The number of hydrogen-bond donors (Lipinski definition) is 3. The monoisotopic (exact) mass is 698 g/mol. The van der Waals surface area contributed by atoms with Crippen LogP contribution in [0.15, 0.2) is 66.9 Å². The quantitative estimate of drug-likeness (QED) is 0.158. The highest BCUT2D eigenvalue weighted by Crippen LogP contribution is 2.50. The smallest absolute Gasteiger partial charge is 0.395 e. The average molecular weight is 700 g/mol. The summed E-state index contributed by atoms with van der Waals surface area (Å²) in [4.78, 5) is 18.0. The van der Waals surface area contributed by atoms with Gasteiger partial charge in [-0.05, 0) is 62.6 Å². The predicted octanol–water partition coefficient (Wildman–Crippen LogP) is 7.09. The first-order valence-electron chi connectivity index (χ1n) is 14.9. The summed E-state index contributed by atoms with van der Waals surface area (Å²) in [6.45, 7) is 2.20. The van der Waals surface area contributed by atoms with Crippen LogP contribution in [0.3, 0.4) is 0 Å². The molecule has 2 aromatic heterocycles. The molecule has 48 heavy (non-hydrogen) atoms. The molecule has 2 aliphatic rings. The van der Waals surface area contributed by atoms with Crippen LogP contribution in [0.1, 0.15) is 59.9 Å². The summed E-state index contributed by atoms with van der Waals surface area (Å²) in [7, 11) is 0. The molecule has 0 spiro atoms. The Morgan fingerprint density at radius 2 is 1.81 bits per heavy atom. The van der Waals surface area contributed by atoms with Gasteiger partial charge in [-0.15, -0.1) is 8.78 Å². The third-order valence-corrected chi connectivity index (χ3v) is 8.99. The number of carbonyl (C=O) groups excluding carboxylic acids is 1. The van der Waals surface area contributed by atoms with Crippen LogP contribution in [0.25, 0.3) is 22.2 Å². The lowest BCUT2D eigenvalue weighted by Crippen LogP contribution is -2.42. The number of ether oxygens (including phenoxy) is 2. The van der Waals surface area contributed by atoms with Crippen LogP contribution in [0.4, 0.5) is 13.2 Å². The standard InChI is InChI=1S/C34H27Cl2F3N4O5/c1-32(2,45)22-14-25(41-29(27(22)37)21-10-11-24-30(26(21)36)48-34(38,39)47-24)33(46,19-6-4-3-5-7-19)16-40-31(44)17-12-18-15-43(20-8-9-20)42-28(18)23(35)13-17/h3-7,10-15,20,45-46H,8-9,16H2,1-2H3,(H,40,44)/t33-/m1/s1. The van der Waals surface area contributed by atoms with Crippen molar-refractivity contribution in [1.82, 2.24) is 20.1 Å². The maximum atomic E-state index is 16.2. The van der Waals surface area contributed by atoms with E-state index in [4.69, 9.17) is 23.2 Å². The lowest BCUT2D eigenvalue weighted by molar-refractivity contribution is -0.286. The van der Waals surface area contributed by atoms with Gasteiger partial charge in [0.1, 0.15) is 16.8 Å². The van der Waals surface area contributed by atoms with E-state index < -0.39 is 52.2 Å². The van der Waals surface area contributed by atoms with Crippen LogP contribution >= 0.6 is 23.2 Å². The summed E-state index contributed by atoms with van der Waals surface area (Å²) >= 11 is 12.9. The lowest BCUT2D eigenvalue weighted by atomic mass is 9.86. The van der Waals surface area contributed by atoms with Crippen molar-refractivity contribution in [3.05, 3.63) is 105 Å². The van der Waals surface area contributed by atoms with E-state index in [2.05, 4.69) is 24.9 Å². The molecule has 9 nitrogen and oxygen atoms in total. The van der Waals surface area contributed by atoms with E-state index >= 15 is 4.39 Å². The molecular formula is C34H27Cl2F3N4O5. The minimum atomic E-state index is -3.99. The predicted molar refractivity (Wildman–Crippen MR) is 171 cm³/mol. The van der Waals surface area contributed by atoms with E-state index in [1.807, 2.05) is 10.9 Å². The van der Waals surface area contributed by atoms with Gasteiger partial charge >= 0.3 is 6.29 Å². The Morgan fingerprint density at radius 1 is 1.08 bits per heavy atom. The Hall–Kier alpha value is -4.36. The highest BCUT2D eigenvalue weighted by Gasteiger charge is 2.45. The van der Waals surface area contributed by atoms with E-state index in [-0.39, 0.29) is 38.7 Å². The first kappa shape index (κ1) is 32.2. The number of nitrogens with zero attached hydrogens (tertiary/aromatic N) is 3. The second-order valence-corrected chi connectivity index (χ2v) is 13.1. The molecule has 1 saturated carbocycles. The molecule has 3 heterocycles. The SMILES string of the molecule is CC(C)(O)c1cc([C@@](O)(CNC(=O)c2cc(Cl)c3nn(C4CC4)cc3c2)c2ccccc2)nc(-c2ccc3c(c2Cl)OC(F)(F)O3)c1F. The minimum Gasteiger partial charge on any atom is -0.395 e. The molecule has 1 amide bonds. The summed E-state index contributed by atoms with van der Waals surface area (Å²) in [6, 6.07) is 15.2. The van der Waals surface area contributed by atoms with Gasteiger partial charge in [-0.2, -0.15) is 5.10 Å². The molecule has 1 aliphatic carbocycles. The third-order valence-electron chi connectivity index (χ3n) is 8.33. The zero-order chi connectivity index (χ0) is 34.2. The number of aliphatic hydroxyl groups is 2. The van der Waals surface area contributed by atoms with Crippen molar-refractivity contribution in [3.8, 4) is 22.8 Å². The fourth-order valence-corrected chi connectivity index (χ4v) is 6.21. The van der Waals surface area contributed by atoms with E-state index in [0.717, 1.165) is 18.9 Å². The van der Waals surface area contributed by atoms with Gasteiger partial charge in [0.05, 0.1) is 33.9 Å². The van der Waals surface area contributed by atoms with E-state index in [0.29, 0.717) is 16.9 Å². The molecule has 7 rings (SSSR count). The number of pyridine rings is 1. The molecule has 248 valence electrons. The van der Waals surface area contributed by atoms with E-state index in [9.17, 15) is 23.8 Å². The molecule has 1 aliphatic heterocycles. The largest absolute Gasteiger partial charge is 0.586 e. The van der Waals surface area contributed by atoms with Gasteiger partial charge in [0, 0.05) is 28.3 Å².